The highest BCUT2D eigenvalue weighted by Gasteiger charge is 2.35. The van der Waals surface area contributed by atoms with Gasteiger partial charge in [-0.15, -0.1) is 12.4 Å². The van der Waals surface area contributed by atoms with E-state index in [9.17, 15) is 4.79 Å². The summed E-state index contributed by atoms with van der Waals surface area (Å²) < 4.78 is 10.9. The number of rotatable bonds is 4. The molecule has 2 rings (SSSR count). The molecule has 1 aliphatic rings. The van der Waals surface area contributed by atoms with Gasteiger partial charge in [0, 0.05) is 18.9 Å². The van der Waals surface area contributed by atoms with E-state index >= 15 is 0 Å². The number of hydrogen-bond acceptors (Lipinski definition) is 4. The van der Waals surface area contributed by atoms with Crippen LogP contribution in [-0.2, 0) is 9.53 Å². The molecule has 3 N–H and O–H groups in total. The quantitative estimate of drug-likeness (QED) is 0.891. The second-order valence-electron chi connectivity index (χ2n) is 5.87. The van der Waals surface area contributed by atoms with Crippen molar-refractivity contribution in [2.75, 3.05) is 18.5 Å². The molecule has 0 aliphatic carbocycles. The maximum Gasteiger partial charge on any atom is 0.244 e. The lowest BCUT2D eigenvalue weighted by molar-refractivity contribution is -0.124. The number of ether oxygens (including phenoxy) is 2. The Balaban J connectivity index is 0.00000242. The fourth-order valence-corrected chi connectivity index (χ4v) is 2.33. The predicted molar refractivity (Wildman–Crippen MR) is 89.8 cm³/mol. The van der Waals surface area contributed by atoms with Crippen LogP contribution in [0.1, 0.15) is 32.3 Å². The Kier molecular flexibility index (Phi) is 6.66. The summed E-state index contributed by atoms with van der Waals surface area (Å²) in [5, 5.41) is 2.90. The number of halogens is 1. The third-order valence-corrected chi connectivity index (χ3v) is 3.63. The van der Waals surface area contributed by atoms with Gasteiger partial charge in [-0.1, -0.05) is 0 Å². The highest BCUT2D eigenvalue weighted by atomic mass is 35.5. The Morgan fingerprint density at radius 1 is 1.36 bits per heavy atom. The second-order valence-corrected chi connectivity index (χ2v) is 5.87. The van der Waals surface area contributed by atoms with E-state index in [2.05, 4.69) is 5.32 Å². The van der Waals surface area contributed by atoms with Gasteiger partial charge < -0.3 is 20.5 Å². The van der Waals surface area contributed by atoms with Crippen LogP contribution in [0.5, 0.6) is 5.75 Å². The Morgan fingerprint density at radius 2 is 2.00 bits per heavy atom. The summed E-state index contributed by atoms with van der Waals surface area (Å²) in [6, 6.07) is 5.61. The highest BCUT2D eigenvalue weighted by Crippen LogP contribution is 2.25. The number of nitrogens with two attached hydrogens (primary N) is 1. The van der Waals surface area contributed by atoms with E-state index in [1.807, 2.05) is 39.0 Å². The second kappa shape index (κ2) is 7.81. The molecule has 0 aromatic heterocycles. The van der Waals surface area contributed by atoms with Crippen molar-refractivity contribution in [2.45, 2.75) is 45.3 Å². The van der Waals surface area contributed by atoms with Crippen LogP contribution in [0.25, 0.3) is 0 Å². The van der Waals surface area contributed by atoms with Crippen LogP contribution in [-0.4, -0.2) is 30.8 Å². The first-order chi connectivity index (χ1) is 9.90. The van der Waals surface area contributed by atoms with Crippen LogP contribution >= 0.6 is 12.4 Å². The molecule has 1 aliphatic heterocycles. The molecule has 124 valence electrons. The van der Waals surface area contributed by atoms with Crippen molar-refractivity contribution >= 4 is 24.0 Å². The van der Waals surface area contributed by atoms with Gasteiger partial charge in [0.25, 0.3) is 0 Å². The third kappa shape index (κ3) is 4.60. The summed E-state index contributed by atoms with van der Waals surface area (Å²) in [7, 11) is 0. The summed E-state index contributed by atoms with van der Waals surface area (Å²) in [6.07, 6.45) is 1.22. The van der Waals surface area contributed by atoms with Gasteiger partial charge in [0.1, 0.15) is 11.3 Å². The van der Waals surface area contributed by atoms with E-state index in [1.165, 1.54) is 0 Å². The van der Waals surface area contributed by atoms with Crippen LogP contribution in [0.15, 0.2) is 18.2 Å². The summed E-state index contributed by atoms with van der Waals surface area (Å²) in [6.45, 7) is 6.99. The minimum Gasteiger partial charge on any atom is -0.491 e. The molecule has 1 amide bonds. The van der Waals surface area contributed by atoms with Crippen molar-refractivity contribution in [2.24, 2.45) is 5.73 Å². The molecule has 0 atom stereocenters. The molecule has 22 heavy (non-hydrogen) atoms. The molecule has 0 unspecified atom stereocenters. The van der Waals surface area contributed by atoms with Gasteiger partial charge in [-0.3, -0.25) is 4.79 Å². The predicted octanol–water partition coefficient (Wildman–Crippen LogP) is 2.65. The van der Waals surface area contributed by atoms with Gasteiger partial charge in [0.2, 0.25) is 5.91 Å². The van der Waals surface area contributed by atoms with Gasteiger partial charge in [0.05, 0.1) is 6.10 Å². The molecule has 6 heteroatoms. The van der Waals surface area contributed by atoms with Gasteiger partial charge in [-0.25, -0.2) is 0 Å². The van der Waals surface area contributed by atoms with Crippen molar-refractivity contribution in [3.05, 3.63) is 23.8 Å². The molecule has 5 nitrogen and oxygen atoms in total. The van der Waals surface area contributed by atoms with Crippen LogP contribution in [0.4, 0.5) is 5.69 Å². The monoisotopic (exact) mass is 328 g/mol. The largest absolute Gasteiger partial charge is 0.491 e. The first-order valence-electron chi connectivity index (χ1n) is 7.36. The van der Waals surface area contributed by atoms with Crippen molar-refractivity contribution in [3.63, 3.8) is 0 Å². The number of amides is 1. The summed E-state index contributed by atoms with van der Waals surface area (Å²) in [5.74, 6) is 0.680. The van der Waals surface area contributed by atoms with E-state index < -0.39 is 5.54 Å². The molecule has 0 spiro atoms. The minimum absolute atomic E-state index is 0. The molecule has 1 aromatic carbocycles. The first-order valence-corrected chi connectivity index (χ1v) is 7.36. The van der Waals surface area contributed by atoms with E-state index in [0.717, 1.165) is 17.0 Å². The summed E-state index contributed by atoms with van der Waals surface area (Å²) in [4.78, 5) is 12.3. The van der Waals surface area contributed by atoms with Gasteiger partial charge >= 0.3 is 0 Å². The fraction of sp³-hybridized carbons (Fsp3) is 0.562. The topological polar surface area (TPSA) is 73.6 Å². The molecular formula is C16H25ClN2O3. The third-order valence-electron chi connectivity index (χ3n) is 3.63. The lowest BCUT2D eigenvalue weighted by Crippen LogP contribution is -2.54. The van der Waals surface area contributed by atoms with Crippen LogP contribution in [0.3, 0.4) is 0 Å². The Labute approximate surface area is 138 Å². The highest BCUT2D eigenvalue weighted by molar-refractivity contribution is 5.98. The Bertz CT molecular complexity index is 514. The number of carbonyl (C=O) groups excluding carboxylic acids is 1. The number of anilines is 1. The minimum atomic E-state index is -0.834. The van der Waals surface area contributed by atoms with Crippen molar-refractivity contribution < 1.29 is 14.3 Å². The van der Waals surface area contributed by atoms with E-state index in [1.54, 1.807) is 0 Å². The number of benzene rings is 1. The van der Waals surface area contributed by atoms with E-state index in [-0.39, 0.29) is 24.4 Å². The number of hydrogen-bond donors (Lipinski definition) is 2. The first kappa shape index (κ1) is 18.7. The standard InChI is InChI=1S/C16H24N2O3.ClH/c1-11(2)21-14-5-4-13(10-12(14)3)18-15(19)16(17)6-8-20-9-7-16;/h4-5,10-11H,6-9,17H2,1-3H3,(H,18,19);1H. The molecule has 1 aromatic rings. The average Bonchev–Trinajstić information content (AvgIpc) is 2.42. The maximum atomic E-state index is 12.3. The lowest BCUT2D eigenvalue weighted by atomic mass is 9.90. The Hall–Kier alpha value is -1.30. The van der Waals surface area contributed by atoms with Crippen molar-refractivity contribution in [1.82, 2.24) is 0 Å². The fourth-order valence-electron chi connectivity index (χ4n) is 2.33. The molecular weight excluding hydrogens is 304 g/mol. The molecule has 1 saturated heterocycles. The normalized spacial score (nSPS) is 16.8. The van der Waals surface area contributed by atoms with Crippen molar-refractivity contribution in [3.8, 4) is 5.75 Å². The lowest BCUT2D eigenvalue weighted by Gasteiger charge is -2.31. The van der Waals surface area contributed by atoms with Gasteiger partial charge in [0.15, 0.2) is 0 Å². The Morgan fingerprint density at radius 3 is 2.55 bits per heavy atom. The molecule has 1 heterocycles. The number of nitrogens with one attached hydrogen (secondary N) is 1. The number of carbonyl (C=O) groups is 1. The van der Waals surface area contributed by atoms with E-state index in [4.69, 9.17) is 15.2 Å². The zero-order valence-corrected chi connectivity index (χ0v) is 14.2. The molecule has 0 radical (unpaired) electrons. The molecule has 0 bridgehead atoms. The van der Waals surface area contributed by atoms with Crippen molar-refractivity contribution in [1.29, 1.82) is 0 Å². The van der Waals surface area contributed by atoms with E-state index in [0.29, 0.717) is 26.1 Å². The zero-order valence-electron chi connectivity index (χ0n) is 13.3. The average molecular weight is 329 g/mol. The van der Waals surface area contributed by atoms with Crippen LogP contribution in [0.2, 0.25) is 0 Å². The van der Waals surface area contributed by atoms with Crippen LogP contribution < -0.4 is 15.8 Å². The number of aryl methyl sites for hydroxylation is 1. The molecule has 1 fully saturated rings. The smallest absolute Gasteiger partial charge is 0.244 e. The zero-order chi connectivity index (χ0) is 15.5. The summed E-state index contributed by atoms with van der Waals surface area (Å²) >= 11 is 0. The van der Waals surface area contributed by atoms with Gasteiger partial charge in [-0.2, -0.15) is 0 Å². The summed E-state index contributed by atoms with van der Waals surface area (Å²) in [5.41, 5.74) is 7.06. The van der Waals surface area contributed by atoms with Crippen LogP contribution in [0, 0.1) is 6.92 Å². The molecule has 0 saturated carbocycles. The van der Waals surface area contributed by atoms with Gasteiger partial charge in [-0.05, 0) is 57.4 Å². The SMILES string of the molecule is Cc1cc(NC(=O)C2(N)CCOCC2)ccc1OC(C)C.Cl. The maximum absolute atomic E-state index is 12.3.